The van der Waals surface area contributed by atoms with Gasteiger partial charge in [-0.2, -0.15) is 10.1 Å². The van der Waals surface area contributed by atoms with E-state index >= 15 is 0 Å². The molecule has 2 aromatic carbocycles. The summed E-state index contributed by atoms with van der Waals surface area (Å²) in [6.07, 6.45) is 3.03. The van der Waals surface area contributed by atoms with Gasteiger partial charge in [-0.25, -0.2) is 4.68 Å². The van der Waals surface area contributed by atoms with E-state index in [0.29, 0.717) is 11.7 Å². The van der Waals surface area contributed by atoms with Gasteiger partial charge in [-0.3, -0.25) is 4.90 Å². The first-order valence-electron chi connectivity index (χ1n) is 9.22. The number of hydrogen-bond donors (Lipinski definition) is 0. The summed E-state index contributed by atoms with van der Waals surface area (Å²) in [6, 6.07) is 18.3. The lowest BCUT2D eigenvalue weighted by Crippen LogP contribution is -2.36. The summed E-state index contributed by atoms with van der Waals surface area (Å²) >= 11 is 3.60. The molecule has 1 saturated heterocycles. The summed E-state index contributed by atoms with van der Waals surface area (Å²) in [5.41, 5.74) is 3.96. The Labute approximate surface area is 170 Å². The van der Waals surface area contributed by atoms with Crippen molar-refractivity contribution < 1.29 is 4.52 Å². The fourth-order valence-electron chi connectivity index (χ4n) is 3.23. The van der Waals surface area contributed by atoms with Gasteiger partial charge in [0, 0.05) is 12.1 Å². The highest BCUT2D eigenvalue weighted by atomic mass is 79.9. The van der Waals surface area contributed by atoms with E-state index < -0.39 is 0 Å². The summed E-state index contributed by atoms with van der Waals surface area (Å²) in [6.45, 7) is 3.40. The van der Waals surface area contributed by atoms with Crippen LogP contribution in [0.25, 0.3) is 28.5 Å². The lowest BCUT2D eigenvalue weighted by atomic mass is 10.1. The maximum Gasteiger partial charge on any atom is 0.262 e. The van der Waals surface area contributed by atoms with E-state index in [1.54, 1.807) is 10.9 Å². The minimum Gasteiger partial charge on any atom is -0.333 e. The third-order valence-electron chi connectivity index (χ3n) is 4.93. The second-order valence-electron chi connectivity index (χ2n) is 6.85. The van der Waals surface area contributed by atoms with Crippen molar-refractivity contribution in [3.8, 4) is 28.5 Å². The summed E-state index contributed by atoms with van der Waals surface area (Å²) in [5, 5.41) is 8.58. The number of likely N-dealkylation sites (tertiary alicyclic amines) is 1. The number of halogens is 1. The van der Waals surface area contributed by atoms with Crippen LogP contribution in [0.3, 0.4) is 0 Å². The Morgan fingerprint density at radius 2 is 1.79 bits per heavy atom. The highest BCUT2D eigenvalue weighted by molar-refractivity contribution is 9.10. The monoisotopic (exact) mass is 435 g/mol. The molecule has 3 heterocycles. The van der Waals surface area contributed by atoms with E-state index in [2.05, 4.69) is 48.2 Å². The van der Waals surface area contributed by atoms with E-state index in [4.69, 9.17) is 4.52 Å². The Morgan fingerprint density at radius 3 is 2.50 bits per heavy atom. The Morgan fingerprint density at radius 1 is 1.00 bits per heavy atom. The van der Waals surface area contributed by atoms with Crippen LogP contribution in [-0.2, 0) is 6.54 Å². The van der Waals surface area contributed by atoms with Crippen LogP contribution in [0.2, 0.25) is 0 Å². The highest BCUT2D eigenvalue weighted by Gasteiger charge is 2.18. The molecule has 2 aromatic heterocycles. The van der Waals surface area contributed by atoms with Crippen LogP contribution in [0.15, 0.2) is 69.9 Å². The van der Waals surface area contributed by atoms with Crippen molar-refractivity contribution in [1.82, 2.24) is 24.8 Å². The van der Waals surface area contributed by atoms with Crippen LogP contribution in [0.1, 0.15) is 12.0 Å². The molecule has 5 rings (SSSR count). The first-order chi connectivity index (χ1) is 13.8. The van der Waals surface area contributed by atoms with Crippen molar-refractivity contribution in [2.24, 2.45) is 0 Å². The average molecular weight is 436 g/mol. The Bertz CT molecular complexity index is 1080. The van der Waals surface area contributed by atoms with Gasteiger partial charge in [0.15, 0.2) is 0 Å². The minimum atomic E-state index is 0.439. The van der Waals surface area contributed by atoms with Gasteiger partial charge >= 0.3 is 0 Å². The number of para-hydroxylation sites is 1. The van der Waals surface area contributed by atoms with Crippen molar-refractivity contribution in [2.45, 2.75) is 13.0 Å². The van der Waals surface area contributed by atoms with Gasteiger partial charge in [0.25, 0.3) is 5.89 Å². The number of nitrogens with zero attached hydrogens (tertiary/aromatic N) is 5. The lowest BCUT2D eigenvalue weighted by molar-refractivity contribution is 0.172. The number of aromatic nitrogens is 4. The first kappa shape index (κ1) is 17.3. The second-order valence-corrected chi connectivity index (χ2v) is 7.60. The Kier molecular flexibility index (Phi) is 4.54. The van der Waals surface area contributed by atoms with E-state index in [1.807, 2.05) is 42.5 Å². The van der Waals surface area contributed by atoms with Gasteiger partial charge < -0.3 is 4.52 Å². The van der Waals surface area contributed by atoms with Crippen LogP contribution < -0.4 is 0 Å². The molecule has 7 heteroatoms. The number of rotatable bonds is 5. The van der Waals surface area contributed by atoms with Gasteiger partial charge in [-0.1, -0.05) is 47.6 Å². The zero-order valence-electron chi connectivity index (χ0n) is 15.1. The SMILES string of the molecule is Brc1c(-c2nc(-c3ccc(CN4CCC4)cc3)no2)cnn1-c1ccccc1. The highest BCUT2D eigenvalue weighted by Crippen LogP contribution is 2.30. The maximum atomic E-state index is 5.50. The van der Waals surface area contributed by atoms with Crippen molar-refractivity contribution in [3.05, 3.63) is 71.0 Å². The van der Waals surface area contributed by atoms with Gasteiger partial charge in [0.05, 0.1) is 17.4 Å². The molecule has 0 amide bonds. The summed E-state index contributed by atoms with van der Waals surface area (Å²) in [5.74, 6) is 1.01. The Hall–Kier alpha value is -2.77. The molecule has 4 aromatic rings. The predicted octanol–water partition coefficient (Wildman–Crippen LogP) is 4.56. The minimum absolute atomic E-state index is 0.439. The molecule has 0 radical (unpaired) electrons. The molecule has 0 saturated carbocycles. The molecule has 0 spiro atoms. The average Bonchev–Trinajstić information content (AvgIpc) is 3.33. The molecule has 1 fully saturated rings. The van der Waals surface area contributed by atoms with E-state index in [9.17, 15) is 0 Å². The van der Waals surface area contributed by atoms with E-state index in [1.165, 1.54) is 25.1 Å². The van der Waals surface area contributed by atoms with Gasteiger partial charge in [-0.15, -0.1) is 0 Å². The van der Waals surface area contributed by atoms with Gasteiger partial charge in [0.1, 0.15) is 4.60 Å². The zero-order chi connectivity index (χ0) is 18.9. The van der Waals surface area contributed by atoms with Gasteiger partial charge in [-0.05, 0) is 53.1 Å². The molecule has 0 N–H and O–H groups in total. The fourth-order valence-corrected chi connectivity index (χ4v) is 3.80. The van der Waals surface area contributed by atoms with Crippen molar-refractivity contribution in [1.29, 1.82) is 0 Å². The fraction of sp³-hybridized carbons (Fsp3) is 0.190. The first-order valence-corrected chi connectivity index (χ1v) is 10.0. The zero-order valence-corrected chi connectivity index (χ0v) is 16.7. The van der Waals surface area contributed by atoms with Crippen LogP contribution in [0, 0.1) is 0 Å². The van der Waals surface area contributed by atoms with Gasteiger partial charge in [0.2, 0.25) is 5.82 Å². The normalized spacial score (nSPS) is 14.2. The second kappa shape index (κ2) is 7.33. The Balaban J connectivity index is 1.38. The molecule has 140 valence electrons. The number of hydrogen-bond acceptors (Lipinski definition) is 5. The van der Waals surface area contributed by atoms with Crippen molar-refractivity contribution >= 4 is 15.9 Å². The molecule has 0 aliphatic carbocycles. The third-order valence-corrected chi connectivity index (χ3v) is 5.70. The van der Waals surface area contributed by atoms with E-state index in [0.717, 1.165) is 28.0 Å². The molecule has 1 aliphatic heterocycles. The molecule has 1 aliphatic rings. The van der Waals surface area contributed by atoms with Crippen LogP contribution in [0.5, 0.6) is 0 Å². The standard InChI is InChI=1S/C21H18BrN5O/c22-19-18(13-23-27(19)17-5-2-1-3-6-17)21-24-20(25-28-21)16-9-7-15(8-10-16)14-26-11-4-12-26/h1-3,5-10,13H,4,11-12,14H2. The summed E-state index contributed by atoms with van der Waals surface area (Å²) in [4.78, 5) is 7.00. The molecular formula is C21H18BrN5O. The molecule has 0 bridgehead atoms. The third kappa shape index (κ3) is 3.27. The topological polar surface area (TPSA) is 60.0 Å². The van der Waals surface area contributed by atoms with Crippen molar-refractivity contribution in [2.75, 3.05) is 13.1 Å². The summed E-state index contributed by atoms with van der Waals surface area (Å²) < 4.78 is 8.08. The van der Waals surface area contributed by atoms with E-state index in [-0.39, 0.29) is 0 Å². The molecule has 28 heavy (non-hydrogen) atoms. The lowest BCUT2D eigenvalue weighted by Gasteiger charge is -2.30. The molecule has 0 atom stereocenters. The summed E-state index contributed by atoms with van der Waals surface area (Å²) in [7, 11) is 0. The molecule has 6 nitrogen and oxygen atoms in total. The van der Waals surface area contributed by atoms with Crippen LogP contribution in [-0.4, -0.2) is 37.9 Å². The largest absolute Gasteiger partial charge is 0.333 e. The van der Waals surface area contributed by atoms with Crippen LogP contribution >= 0.6 is 15.9 Å². The quantitative estimate of drug-likeness (QED) is 0.459. The van der Waals surface area contributed by atoms with Crippen molar-refractivity contribution in [3.63, 3.8) is 0 Å². The number of benzene rings is 2. The maximum absolute atomic E-state index is 5.50. The molecular weight excluding hydrogens is 418 g/mol. The van der Waals surface area contributed by atoms with Crippen LogP contribution in [0.4, 0.5) is 0 Å². The molecule has 0 unspecified atom stereocenters. The smallest absolute Gasteiger partial charge is 0.262 e. The predicted molar refractivity (Wildman–Crippen MR) is 110 cm³/mol.